The summed E-state index contributed by atoms with van der Waals surface area (Å²) in [6, 6.07) is 4.32. The van der Waals surface area contributed by atoms with Gasteiger partial charge in [-0.1, -0.05) is 18.2 Å². The molecule has 1 aliphatic rings. The highest BCUT2D eigenvalue weighted by molar-refractivity contribution is 6.04. The van der Waals surface area contributed by atoms with Crippen LogP contribution in [-0.4, -0.2) is 34.3 Å². The molecule has 5 heteroatoms. The minimum atomic E-state index is -0.872. The Labute approximate surface area is 122 Å². The molecule has 0 spiro atoms. The zero-order valence-electron chi connectivity index (χ0n) is 11.4. The fourth-order valence-corrected chi connectivity index (χ4v) is 2.02. The van der Waals surface area contributed by atoms with Crippen molar-refractivity contribution in [1.29, 1.82) is 0 Å². The molecule has 0 heterocycles. The average Bonchev–Trinajstić information content (AvgIpc) is 2.46. The van der Waals surface area contributed by atoms with E-state index in [1.807, 2.05) is 0 Å². The molecule has 1 aliphatic carbocycles. The number of aliphatic hydroxyl groups excluding tert-OH is 2. The highest BCUT2D eigenvalue weighted by Crippen LogP contribution is 2.27. The third-order valence-electron chi connectivity index (χ3n) is 3.20. The van der Waals surface area contributed by atoms with Crippen molar-refractivity contribution < 1.29 is 24.9 Å². The molecule has 5 nitrogen and oxygen atoms in total. The number of ether oxygens (including phenoxy) is 1. The van der Waals surface area contributed by atoms with Crippen LogP contribution < -0.4 is 4.74 Å². The maximum absolute atomic E-state index is 12.0. The summed E-state index contributed by atoms with van der Waals surface area (Å²) in [7, 11) is 1.42. The Bertz CT molecular complexity index is 628. The van der Waals surface area contributed by atoms with Crippen LogP contribution >= 0.6 is 0 Å². The van der Waals surface area contributed by atoms with Crippen LogP contribution in [0, 0.1) is 5.92 Å². The lowest BCUT2D eigenvalue weighted by Crippen LogP contribution is -2.20. The largest absolute Gasteiger partial charge is 0.512 e. The van der Waals surface area contributed by atoms with Crippen LogP contribution in [0.5, 0.6) is 11.5 Å². The molecule has 0 aliphatic heterocycles. The summed E-state index contributed by atoms with van der Waals surface area (Å²) in [5.41, 5.74) is 0.286. The summed E-state index contributed by atoms with van der Waals surface area (Å²) < 4.78 is 4.90. The first-order chi connectivity index (χ1) is 10.0. The number of allylic oxidation sites excluding steroid dienone is 3. The molecule has 0 saturated heterocycles. The molecule has 110 valence electrons. The number of hydrogen-bond donors (Lipinski definition) is 3. The summed E-state index contributed by atoms with van der Waals surface area (Å²) >= 11 is 0. The van der Waals surface area contributed by atoms with Gasteiger partial charge < -0.3 is 20.1 Å². The van der Waals surface area contributed by atoms with Gasteiger partial charge >= 0.3 is 0 Å². The Balaban J connectivity index is 2.14. The van der Waals surface area contributed by atoms with E-state index in [4.69, 9.17) is 4.74 Å². The number of phenolic OH excluding ortho intramolecular Hbond substituents is 1. The van der Waals surface area contributed by atoms with E-state index >= 15 is 0 Å². The minimum Gasteiger partial charge on any atom is -0.512 e. The first-order valence-electron chi connectivity index (χ1n) is 6.38. The van der Waals surface area contributed by atoms with Crippen LogP contribution in [0.25, 0.3) is 0 Å². The van der Waals surface area contributed by atoms with Crippen molar-refractivity contribution in [3.8, 4) is 11.5 Å². The highest BCUT2D eigenvalue weighted by Gasteiger charge is 2.20. The van der Waals surface area contributed by atoms with Crippen molar-refractivity contribution in [1.82, 2.24) is 0 Å². The van der Waals surface area contributed by atoms with Gasteiger partial charge in [0.15, 0.2) is 17.3 Å². The lowest BCUT2D eigenvalue weighted by molar-refractivity contribution is 0.104. The number of carbonyl (C=O) groups excluding carboxylic acids is 1. The number of aromatic hydroxyl groups is 1. The zero-order chi connectivity index (χ0) is 15.4. The maximum Gasteiger partial charge on any atom is 0.185 e. The summed E-state index contributed by atoms with van der Waals surface area (Å²) in [6.07, 6.45) is 6.36. The van der Waals surface area contributed by atoms with Gasteiger partial charge in [0.25, 0.3) is 0 Å². The molecule has 0 saturated carbocycles. The van der Waals surface area contributed by atoms with E-state index in [1.165, 1.54) is 49.6 Å². The number of methoxy groups -OCH3 is 1. The van der Waals surface area contributed by atoms with Crippen LogP contribution in [0.3, 0.4) is 0 Å². The number of ketones is 1. The van der Waals surface area contributed by atoms with Gasteiger partial charge in [-0.25, -0.2) is 0 Å². The van der Waals surface area contributed by atoms with Crippen LogP contribution in [0.15, 0.2) is 54.3 Å². The SMILES string of the molecule is COc1ccc(C(=O)C=CC2C(O)=CC=CC2O)cc1O. The van der Waals surface area contributed by atoms with Gasteiger partial charge in [0, 0.05) is 5.56 Å². The Morgan fingerprint density at radius 2 is 2.10 bits per heavy atom. The molecule has 1 aromatic rings. The van der Waals surface area contributed by atoms with Crippen molar-refractivity contribution in [2.24, 2.45) is 5.92 Å². The summed E-state index contributed by atoms with van der Waals surface area (Å²) in [6.45, 7) is 0. The smallest absolute Gasteiger partial charge is 0.185 e. The molecule has 21 heavy (non-hydrogen) atoms. The topological polar surface area (TPSA) is 87.0 Å². The highest BCUT2D eigenvalue weighted by atomic mass is 16.5. The third-order valence-corrected chi connectivity index (χ3v) is 3.20. The van der Waals surface area contributed by atoms with Gasteiger partial charge in [-0.3, -0.25) is 4.79 Å². The molecule has 2 rings (SSSR count). The predicted molar refractivity (Wildman–Crippen MR) is 77.5 cm³/mol. The van der Waals surface area contributed by atoms with E-state index in [-0.39, 0.29) is 28.6 Å². The molecule has 0 fully saturated rings. The molecule has 0 amide bonds. The van der Waals surface area contributed by atoms with Crippen molar-refractivity contribution in [3.63, 3.8) is 0 Å². The Morgan fingerprint density at radius 1 is 1.33 bits per heavy atom. The minimum absolute atomic E-state index is 0.00775. The van der Waals surface area contributed by atoms with Gasteiger partial charge in [0.05, 0.1) is 19.1 Å². The second kappa shape index (κ2) is 6.28. The quantitative estimate of drug-likeness (QED) is 0.583. The molecular weight excluding hydrogens is 272 g/mol. The van der Waals surface area contributed by atoms with Gasteiger partial charge in [-0.05, 0) is 30.4 Å². The second-order valence-electron chi connectivity index (χ2n) is 4.60. The maximum atomic E-state index is 12.0. The lowest BCUT2D eigenvalue weighted by atomic mass is 9.94. The molecular formula is C16H16O5. The van der Waals surface area contributed by atoms with Crippen LogP contribution in [0.2, 0.25) is 0 Å². The van der Waals surface area contributed by atoms with Gasteiger partial charge in [0.1, 0.15) is 5.76 Å². The number of aliphatic hydroxyl groups is 2. The second-order valence-corrected chi connectivity index (χ2v) is 4.60. The first-order valence-corrected chi connectivity index (χ1v) is 6.38. The fraction of sp³-hybridized carbons (Fsp3) is 0.188. The Morgan fingerprint density at radius 3 is 2.71 bits per heavy atom. The average molecular weight is 288 g/mol. The summed E-state index contributed by atoms with van der Waals surface area (Å²) in [4.78, 5) is 12.0. The summed E-state index contributed by atoms with van der Waals surface area (Å²) in [5, 5.41) is 29.0. The summed E-state index contributed by atoms with van der Waals surface area (Å²) in [5.74, 6) is -0.844. The molecule has 0 aromatic heterocycles. The molecule has 0 radical (unpaired) electrons. The van der Waals surface area contributed by atoms with E-state index in [9.17, 15) is 20.1 Å². The van der Waals surface area contributed by atoms with Crippen molar-refractivity contribution in [2.75, 3.05) is 7.11 Å². The van der Waals surface area contributed by atoms with E-state index in [0.29, 0.717) is 0 Å². The number of phenols is 1. The number of benzene rings is 1. The zero-order valence-corrected chi connectivity index (χ0v) is 11.4. The monoisotopic (exact) mass is 288 g/mol. The molecule has 2 unspecified atom stereocenters. The van der Waals surface area contributed by atoms with Crippen molar-refractivity contribution >= 4 is 5.78 Å². The molecule has 1 aromatic carbocycles. The van der Waals surface area contributed by atoms with Gasteiger partial charge in [0.2, 0.25) is 0 Å². The first kappa shape index (κ1) is 14.9. The van der Waals surface area contributed by atoms with Gasteiger partial charge in [-0.15, -0.1) is 0 Å². The fourth-order valence-electron chi connectivity index (χ4n) is 2.02. The van der Waals surface area contributed by atoms with Crippen molar-refractivity contribution in [2.45, 2.75) is 6.10 Å². The normalized spacial score (nSPS) is 21.3. The molecule has 3 N–H and O–H groups in total. The van der Waals surface area contributed by atoms with E-state index in [1.54, 1.807) is 6.08 Å². The molecule has 2 atom stereocenters. The molecule has 0 bridgehead atoms. The number of hydrogen-bond acceptors (Lipinski definition) is 5. The number of carbonyl (C=O) groups is 1. The van der Waals surface area contributed by atoms with Crippen LogP contribution in [-0.2, 0) is 0 Å². The standard InChI is InChI=1S/C16H16O5/c1-21-16-8-5-10(9-15(16)20)12(17)7-6-11-13(18)3-2-4-14(11)19/h2-9,11,13,18-20H,1H3. The van der Waals surface area contributed by atoms with E-state index in [0.717, 1.165) is 0 Å². The number of rotatable bonds is 4. The third kappa shape index (κ3) is 3.32. The van der Waals surface area contributed by atoms with Crippen LogP contribution in [0.4, 0.5) is 0 Å². The van der Waals surface area contributed by atoms with Crippen molar-refractivity contribution in [3.05, 3.63) is 59.9 Å². The van der Waals surface area contributed by atoms with E-state index in [2.05, 4.69) is 0 Å². The van der Waals surface area contributed by atoms with Gasteiger partial charge in [-0.2, -0.15) is 0 Å². The lowest BCUT2D eigenvalue weighted by Gasteiger charge is -2.18. The van der Waals surface area contributed by atoms with Crippen LogP contribution in [0.1, 0.15) is 10.4 Å². The Kier molecular flexibility index (Phi) is 4.45. The Hall–Kier alpha value is -2.53. The predicted octanol–water partition coefficient (Wildman–Crippen LogP) is 2.13. The van der Waals surface area contributed by atoms with E-state index < -0.39 is 12.0 Å².